The number of aromatic nitrogens is 2. The molecule has 0 bridgehead atoms. The fraction of sp³-hybridized carbons (Fsp3) is 0.556. The molecule has 0 atom stereocenters. The Kier molecular flexibility index (Phi) is 1.61. The van der Waals surface area contributed by atoms with Crippen LogP contribution in [0.5, 0.6) is 5.88 Å². The zero-order valence-corrected chi connectivity index (χ0v) is 8.37. The van der Waals surface area contributed by atoms with Crippen LogP contribution in [-0.2, 0) is 6.54 Å². The Labute approximate surface area is 81.3 Å². The first-order chi connectivity index (χ1) is 6.41. The van der Waals surface area contributed by atoms with Gasteiger partial charge in [-0.15, -0.1) is 0 Å². The van der Waals surface area contributed by atoms with Crippen LogP contribution in [0.1, 0.15) is 29.9 Å². The Morgan fingerprint density at radius 2 is 2.29 bits per heavy atom. The Bertz CT molecular complexity index is 406. The average Bonchev–Trinajstić information content (AvgIpc) is 2.37. The number of hydrogen-bond donors (Lipinski definition) is 1. The third-order valence-corrected chi connectivity index (χ3v) is 2.20. The van der Waals surface area contributed by atoms with Gasteiger partial charge in [-0.25, -0.2) is 9.48 Å². The average molecular weight is 196 g/mol. The zero-order chi connectivity index (χ0) is 10.5. The van der Waals surface area contributed by atoms with Gasteiger partial charge in [0, 0.05) is 0 Å². The fourth-order valence-electron chi connectivity index (χ4n) is 1.67. The molecule has 0 unspecified atom stereocenters. The molecule has 76 valence electrons. The lowest BCUT2D eigenvalue weighted by Crippen LogP contribution is -2.27. The largest absolute Gasteiger partial charge is 0.477 e. The quantitative estimate of drug-likeness (QED) is 0.729. The highest BCUT2D eigenvalue weighted by Crippen LogP contribution is 2.33. The molecule has 1 N–H and O–H groups in total. The lowest BCUT2D eigenvalue weighted by Gasteiger charge is -2.15. The van der Waals surface area contributed by atoms with E-state index in [0.29, 0.717) is 18.1 Å². The van der Waals surface area contributed by atoms with Gasteiger partial charge in [0.25, 0.3) is 0 Å². The molecule has 0 aliphatic carbocycles. The van der Waals surface area contributed by atoms with Crippen molar-refractivity contribution in [3.05, 3.63) is 11.3 Å². The maximum Gasteiger partial charge on any atom is 0.343 e. The number of nitrogens with zero attached hydrogens (tertiary/aromatic N) is 2. The molecule has 1 aromatic heterocycles. The van der Waals surface area contributed by atoms with Gasteiger partial charge in [-0.3, -0.25) is 0 Å². The molecular formula is C9H12N2O3. The molecule has 1 aromatic rings. The first-order valence-corrected chi connectivity index (χ1v) is 4.40. The van der Waals surface area contributed by atoms with Crippen molar-refractivity contribution in [1.29, 1.82) is 0 Å². The van der Waals surface area contributed by atoms with Crippen molar-refractivity contribution in [2.24, 2.45) is 0 Å². The normalized spacial score (nSPS) is 17.6. The minimum atomic E-state index is -0.985. The van der Waals surface area contributed by atoms with Crippen LogP contribution >= 0.6 is 0 Å². The number of aromatic carboxylic acids is 1. The number of hydrogen-bond acceptors (Lipinski definition) is 3. The standard InChI is InChI=1S/C9H12N2O3/c1-5-6(8(12)13)7-11(10-5)4-9(2,3)14-7/h4H2,1-3H3,(H,12,13). The summed E-state index contributed by atoms with van der Waals surface area (Å²) in [5.41, 5.74) is 0.318. The number of rotatable bonds is 1. The van der Waals surface area contributed by atoms with Gasteiger partial charge in [0.15, 0.2) is 0 Å². The molecule has 5 heteroatoms. The summed E-state index contributed by atoms with van der Waals surface area (Å²) in [6.07, 6.45) is 0. The zero-order valence-electron chi connectivity index (χ0n) is 8.37. The molecular weight excluding hydrogens is 184 g/mol. The summed E-state index contributed by atoms with van der Waals surface area (Å²) in [5, 5.41) is 13.1. The van der Waals surface area contributed by atoms with E-state index in [2.05, 4.69) is 5.10 Å². The molecule has 2 rings (SSSR count). The SMILES string of the molecule is Cc1nn2c(c1C(=O)O)OC(C)(C)C2. The number of ether oxygens (including phenoxy) is 1. The molecule has 14 heavy (non-hydrogen) atoms. The predicted molar refractivity (Wildman–Crippen MR) is 48.6 cm³/mol. The third kappa shape index (κ3) is 1.16. The van der Waals surface area contributed by atoms with Gasteiger partial charge >= 0.3 is 5.97 Å². The van der Waals surface area contributed by atoms with E-state index < -0.39 is 5.97 Å². The number of fused-ring (bicyclic) bond motifs is 1. The first kappa shape index (κ1) is 9.05. The maximum atomic E-state index is 10.9. The molecule has 0 saturated carbocycles. The van der Waals surface area contributed by atoms with Crippen LogP contribution in [0.2, 0.25) is 0 Å². The summed E-state index contributed by atoms with van der Waals surface area (Å²) in [4.78, 5) is 10.9. The molecule has 0 radical (unpaired) electrons. The Morgan fingerprint density at radius 3 is 2.86 bits per heavy atom. The van der Waals surface area contributed by atoms with E-state index in [0.717, 1.165) is 0 Å². The van der Waals surface area contributed by atoms with E-state index >= 15 is 0 Å². The molecule has 0 spiro atoms. The lowest BCUT2D eigenvalue weighted by atomic mass is 10.1. The smallest absolute Gasteiger partial charge is 0.343 e. The van der Waals surface area contributed by atoms with Crippen LogP contribution in [0.25, 0.3) is 0 Å². The minimum absolute atomic E-state index is 0.176. The number of carboxylic acids is 1. The summed E-state index contributed by atoms with van der Waals surface area (Å²) in [5.74, 6) is -0.610. The fourth-order valence-corrected chi connectivity index (χ4v) is 1.67. The Hall–Kier alpha value is -1.52. The molecule has 0 aromatic carbocycles. The monoisotopic (exact) mass is 196 g/mol. The highest BCUT2D eigenvalue weighted by atomic mass is 16.5. The van der Waals surface area contributed by atoms with Crippen LogP contribution in [0.15, 0.2) is 0 Å². The molecule has 0 fully saturated rings. The van der Waals surface area contributed by atoms with Crippen molar-refractivity contribution in [2.45, 2.75) is 32.9 Å². The second kappa shape index (κ2) is 2.50. The highest BCUT2D eigenvalue weighted by Gasteiger charge is 2.36. The van der Waals surface area contributed by atoms with Gasteiger partial charge in [0.05, 0.1) is 12.2 Å². The minimum Gasteiger partial charge on any atom is -0.477 e. The van der Waals surface area contributed by atoms with Crippen LogP contribution in [-0.4, -0.2) is 26.5 Å². The lowest BCUT2D eigenvalue weighted by molar-refractivity contribution is 0.0684. The summed E-state index contributed by atoms with van der Waals surface area (Å²) < 4.78 is 7.14. The van der Waals surface area contributed by atoms with Crippen LogP contribution in [0.4, 0.5) is 0 Å². The maximum absolute atomic E-state index is 10.9. The van der Waals surface area contributed by atoms with Crippen molar-refractivity contribution in [3.8, 4) is 5.88 Å². The van der Waals surface area contributed by atoms with Gasteiger partial charge in [0.1, 0.15) is 11.2 Å². The second-order valence-electron chi connectivity index (χ2n) is 4.09. The number of carbonyl (C=O) groups is 1. The van der Waals surface area contributed by atoms with Gasteiger partial charge in [-0.05, 0) is 20.8 Å². The number of carboxylic acid groups (broad SMARTS) is 1. The first-order valence-electron chi connectivity index (χ1n) is 4.40. The van der Waals surface area contributed by atoms with Gasteiger partial charge in [-0.2, -0.15) is 5.10 Å². The third-order valence-electron chi connectivity index (χ3n) is 2.20. The molecule has 2 heterocycles. The van der Waals surface area contributed by atoms with Crippen LogP contribution < -0.4 is 4.74 Å². The second-order valence-corrected chi connectivity index (χ2v) is 4.09. The van der Waals surface area contributed by atoms with Crippen LogP contribution in [0.3, 0.4) is 0 Å². The highest BCUT2D eigenvalue weighted by molar-refractivity contribution is 5.91. The van der Waals surface area contributed by atoms with Crippen molar-refractivity contribution in [2.75, 3.05) is 0 Å². The predicted octanol–water partition coefficient (Wildman–Crippen LogP) is 1.06. The van der Waals surface area contributed by atoms with E-state index in [9.17, 15) is 4.79 Å². The topological polar surface area (TPSA) is 64.4 Å². The van der Waals surface area contributed by atoms with E-state index in [1.165, 1.54) is 0 Å². The van der Waals surface area contributed by atoms with Crippen molar-refractivity contribution in [3.63, 3.8) is 0 Å². The molecule has 1 aliphatic heterocycles. The van der Waals surface area contributed by atoms with Crippen molar-refractivity contribution >= 4 is 5.97 Å². The van der Waals surface area contributed by atoms with E-state index in [1.807, 2.05) is 13.8 Å². The molecule has 0 saturated heterocycles. The summed E-state index contributed by atoms with van der Waals surface area (Å²) in [6, 6.07) is 0. The van der Waals surface area contributed by atoms with E-state index in [-0.39, 0.29) is 11.2 Å². The van der Waals surface area contributed by atoms with Gasteiger partial charge in [0.2, 0.25) is 5.88 Å². The molecule has 5 nitrogen and oxygen atoms in total. The van der Waals surface area contributed by atoms with Crippen LogP contribution in [0, 0.1) is 6.92 Å². The molecule has 1 aliphatic rings. The Balaban J connectivity index is 2.52. The van der Waals surface area contributed by atoms with Crippen molar-refractivity contribution in [1.82, 2.24) is 9.78 Å². The van der Waals surface area contributed by atoms with Crippen molar-refractivity contribution < 1.29 is 14.6 Å². The summed E-state index contributed by atoms with van der Waals surface area (Å²) >= 11 is 0. The summed E-state index contributed by atoms with van der Waals surface area (Å²) in [6.45, 7) is 6.08. The Morgan fingerprint density at radius 1 is 1.64 bits per heavy atom. The van der Waals surface area contributed by atoms with E-state index in [4.69, 9.17) is 9.84 Å². The van der Waals surface area contributed by atoms with Gasteiger partial charge in [-0.1, -0.05) is 0 Å². The molecule has 0 amide bonds. The summed E-state index contributed by atoms with van der Waals surface area (Å²) in [7, 11) is 0. The number of aryl methyl sites for hydroxylation is 1. The van der Waals surface area contributed by atoms with Gasteiger partial charge < -0.3 is 9.84 Å². The van der Waals surface area contributed by atoms with E-state index in [1.54, 1.807) is 11.6 Å².